The van der Waals surface area contributed by atoms with Gasteiger partial charge in [-0.15, -0.1) is 0 Å². The Morgan fingerprint density at radius 2 is 0.364 bits per heavy atom. The number of likely N-dealkylation sites (N-methyl/N-ethyl adjacent to an activating group) is 14. The molecule has 0 aliphatic heterocycles. The standard InChI is InChI=1S/C54H104N14O10.C38H76N10O6/c1-54(2,3)43(68(21)53(78)42(67(20)51(76)33-25-31-49(74)65(18)40-58(10)11)35-60(13)45(70)27-23-29-47(72)63(16)38-56(6)7)36-61(14)52(77)41(66(19)50(75)32-24-30-48(73)64(17)39-57(8)9)34-59(12)44(69)26-22-28-46(71)62(15)37-55(4)5;1-38(2,3)31(48(17)35(52)23-19-22-34(51)45(14)28-47(16)37(54)30(42(10)11)25-40(6)7)26-43(12)32(49)20-18-21-33(50)44(13)27-46(15)36(53)29(41(8)9)24-39(4)5/h41-43H,22-40H2,1-21H3;29-31H,18-28H2,1-17H3. The lowest BCUT2D eigenvalue weighted by Crippen LogP contribution is -2.60. The molecule has 6 unspecified atom stereocenters. The Kier molecular flexibility index (Phi) is 58.1. The predicted octanol–water partition coefficient (Wildman–Crippen LogP) is 0.871. The van der Waals surface area contributed by atoms with Crippen molar-refractivity contribution in [3.8, 4) is 0 Å². The first-order valence-electron chi connectivity index (χ1n) is 45.8. The summed E-state index contributed by atoms with van der Waals surface area (Å²) in [5, 5.41) is 0. The zero-order chi connectivity index (χ0) is 103. The normalized spacial score (nSPS) is 13.0. The van der Waals surface area contributed by atoms with E-state index in [0.717, 1.165) is 0 Å². The minimum Gasteiger partial charge on any atom is -0.344 e. The highest BCUT2D eigenvalue weighted by atomic mass is 16.2. The molecule has 0 aliphatic carbocycles. The fourth-order valence-electron chi connectivity index (χ4n) is 14.9. The Morgan fingerprint density at radius 3 is 0.591 bits per heavy atom. The van der Waals surface area contributed by atoms with Crippen molar-refractivity contribution in [2.75, 3.05) is 305 Å². The number of nitrogens with zero attached hydrogens (tertiary/aromatic N) is 24. The van der Waals surface area contributed by atoms with Crippen molar-refractivity contribution in [1.29, 1.82) is 0 Å². The summed E-state index contributed by atoms with van der Waals surface area (Å²) in [6.07, 6.45) is 2.81. The second-order valence-corrected chi connectivity index (χ2v) is 40.2. The average Bonchev–Trinajstić information content (AvgIpc) is 0.838. The van der Waals surface area contributed by atoms with E-state index >= 15 is 4.79 Å². The van der Waals surface area contributed by atoms with E-state index in [2.05, 4.69) is 0 Å². The molecule has 132 heavy (non-hydrogen) atoms. The van der Waals surface area contributed by atoms with Crippen LogP contribution < -0.4 is 0 Å². The van der Waals surface area contributed by atoms with E-state index < -0.39 is 47.2 Å². The molecule has 0 aromatic carbocycles. The zero-order valence-corrected chi connectivity index (χ0v) is 88.9. The van der Waals surface area contributed by atoms with Crippen LogP contribution >= 0.6 is 0 Å². The quantitative estimate of drug-likeness (QED) is 0.0763. The maximum atomic E-state index is 15.1. The third-order valence-corrected chi connectivity index (χ3v) is 23.1. The van der Waals surface area contributed by atoms with Crippen molar-refractivity contribution in [3.63, 3.8) is 0 Å². The smallest absolute Gasteiger partial charge is 0.247 e. The summed E-state index contributed by atoms with van der Waals surface area (Å²) in [7, 11) is 55.9. The molecule has 0 radical (unpaired) electrons. The highest BCUT2D eigenvalue weighted by Gasteiger charge is 2.42. The van der Waals surface area contributed by atoms with Crippen LogP contribution in [0, 0.1) is 10.8 Å². The van der Waals surface area contributed by atoms with Crippen molar-refractivity contribution >= 4 is 94.5 Å². The SMILES string of the molecule is CN(C)CC(C(=O)N(C)CN(C)C(=O)CCCC(=O)N(C)CC(N(C)C(=O)CCCC(=O)N(C)CN(C)C(=O)C(CN(C)C)N(C)C)C(C)(C)C)N(C)C.CN(C)CN(C)C(=O)CCCC(=O)N(C)CC(C(=O)N(C)CC(N(C)C(=O)C(CN(C)C(=O)CCCC(=O)N(C)CN(C)C)N(C)C(=O)CCCC(=O)N(C)CN(C)C)C(C)(C)C)N(C)C(=O)CCCC(=O)N(C)CN(C)C. The van der Waals surface area contributed by atoms with Gasteiger partial charge in [-0.05, 0) is 162 Å². The molecule has 0 fully saturated rings. The molecule has 0 bridgehead atoms. The number of hydrogen-bond acceptors (Lipinski definition) is 24. The minimum atomic E-state index is -1.20. The largest absolute Gasteiger partial charge is 0.344 e. The molecule has 40 nitrogen and oxygen atoms in total. The summed E-state index contributed by atoms with van der Waals surface area (Å²) in [6.45, 7) is 14.7. The molecular formula is C92H180N24O16. The van der Waals surface area contributed by atoms with Crippen molar-refractivity contribution in [3.05, 3.63) is 0 Å². The highest BCUT2D eigenvalue weighted by molar-refractivity contribution is 5.91. The minimum absolute atomic E-state index is 0.0199. The van der Waals surface area contributed by atoms with Crippen LogP contribution in [0.5, 0.6) is 0 Å². The molecule has 0 spiro atoms. The lowest BCUT2D eigenvalue weighted by molar-refractivity contribution is -0.151. The summed E-state index contributed by atoms with van der Waals surface area (Å²) in [6, 6.07) is -4.06. The molecule has 0 saturated heterocycles. The van der Waals surface area contributed by atoms with Gasteiger partial charge in [-0.2, -0.15) is 0 Å². The van der Waals surface area contributed by atoms with Crippen molar-refractivity contribution < 1.29 is 76.7 Å². The molecule has 0 heterocycles. The van der Waals surface area contributed by atoms with Crippen LogP contribution in [0.2, 0.25) is 0 Å². The fourth-order valence-corrected chi connectivity index (χ4v) is 14.9. The van der Waals surface area contributed by atoms with Gasteiger partial charge in [0.1, 0.15) is 24.2 Å². The van der Waals surface area contributed by atoms with E-state index in [9.17, 15) is 71.9 Å². The van der Waals surface area contributed by atoms with Crippen molar-refractivity contribution in [1.82, 2.24) is 118 Å². The number of carbonyl (C=O) groups excluding carboxylic acids is 16. The van der Waals surface area contributed by atoms with Gasteiger partial charge in [0.15, 0.2) is 0 Å². The number of rotatable bonds is 58. The van der Waals surface area contributed by atoms with Gasteiger partial charge in [0, 0.05) is 229 Å². The van der Waals surface area contributed by atoms with Gasteiger partial charge in [0.25, 0.3) is 0 Å². The molecular weight excluding hydrogens is 1700 g/mol. The molecule has 0 aromatic heterocycles. The van der Waals surface area contributed by atoms with E-state index in [1.165, 1.54) is 60.3 Å². The van der Waals surface area contributed by atoms with E-state index in [0.29, 0.717) is 59.2 Å². The summed E-state index contributed by atoms with van der Waals surface area (Å²) in [4.78, 5) is 254. The van der Waals surface area contributed by atoms with Crippen LogP contribution in [0.3, 0.4) is 0 Å². The van der Waals surface area contributed by atoms with Gasteiger partial charge in [-0.3, -0.25) is 106 Å². The topological polar surface area (TPSA) is 351 Å². The maximum Gasteiger partial charge on any atom is 0.247 e. The molecule has 6 atom stereocenters. The molecule has 0 aliphatic rings. The van der Waals surface area contributed by atoms with Crippen molar-refractivity contribution in [2.45, 2.75) is 193 Å². The zero-order valence-electron chi connectivity index (χ0n) is 88.9. The molecule has 0 aromatic rings. The summed E-state index contributed by atoms with van der Waals surface area (Å²) in [5.41, 5.74) is -1.04. The van der Waals surface area contributed by atoms with Crippen LogP contribution in [0.15, 0.2) is 0 Å². The number of hydrogen-bond donors (Lipinski definition) is 0. The average molecular weight is 1880 g/mol. The lowest BCUT2D eigenvalue weighted by Gasteiger charge is -2.43. The van der Waals surface area contributed by atoms with Crippen molar-refractivity contribution in [2.24, 2.45) is 10.8 Å². The number of carbonyl (C=O) groups is 16. The van der Waals surface area contributed by atoms with Gasteiger partial charge < -0.3 is 88.2 Å². The van der Waals surface area contributed by atoms with Gasteiger partial charge in [0.2, 0.25) is 94.5 Å². The molecule has 40 heteroatoms. The van der Waals surface area contributed by atoms with Gasteiger partial charge in [-0.1, -0.05) is 41.5 Å². The first-order valence-corrected chi connectivity index (χ1v) is 45.8. The van der Waals surface area contributed by atoms with Gasteiger partial charge in [0.05, 0.1) is 52.1 Å². The van der Waals surface area contributed by atoms with E-state index in [4.69, 9.17) is 0 Å². The van der Waals surface area contributed by atoms with E-state index in [1.807, 2.05) is 194 Å². The highest BCUT2D eigenvalue weighted by Crippen LogP contribution is 2.29. The second kappa shape index (κ2) is 61.2. The Balaban J connectivity index is 0. The van der Waals surface area contributed by atoms with Crippen LogP contribution in [-0.2, 0) is 76.7 Å². The Morgan fingerprint density at radius 1 is 0.174 bits per heavy atom. The van der Waals surface area contributed by atoms with Gasteiger partial charge in [-0.25, -0.2) is 0 Å². The monoisotopic (exact) mass is 1880 g/mol. The predicted molar refractivity (Wildman–Crippen MR) is 517 cm³/mol. The molecule has 16 amide bonds. The Bertz CT molecular complexity index is 3630. The van der Waals surface area contributed by atoms with E-state index in [-0.39, 0.29) is 230 Å². The maximum absolute atomic E-state index is 15.1. The molecule has 764 valence electrons. The van der Waals surface area contributed by atoms with Crippen LogP contribution in [-0.4, -0.2) is 553 Å². The second-order valence-electron chi connectivity index (χ2n) is 40.2. The summed E-state index contributed by atoms with van der Waals surface area (Å²) in [5.74, 6) is -3.76. The first-order chi connectivity index (χ1) is 60.7. The van der Waals surface area contributed by atoms with Crippen LogP contribution in [0.25, 0.3) is 0 Å². The third-order valence-electron chi connectivity index (χ3n) is 23.1. The number of amides is 16. The fraction of sp³-hybridized carbons (Fsp3) is 0.826. The first kappa shape index (κ1) is 125. The summed E-state index contributed by atoms with van der Waals surface area (Å²) >= 11 is 0. The van der Waals surface area contributed by atoms with Crippen LogP contribution in [0.4, 0.5) is 0 Å². The van der Waals surface area contributed by atoms with E-state index in [1.54, 1.807) is 131 Å². The Labute approximate surface area is 794 Å². The third kappa shape index (κ3) is 47.9. The summed E-state index contributed by atoms with van der Waals surface area (Å²) < 4.78 is 0. The Hall–Kier alpha value is -8.80. The molecule has 0 N–H and O–H groups in total. The lowest BCUT2D eigenvalue weighted by atomic mass is 9.85. The van der Waals surface area contributed by atoms with Crippen LogP contribution in [0.1, 0.15) is 157 Å². The molecule has 0 rings (SSSR count). The van der Waals surface area contributed by atoms with Gasteiger partial charge >= 0.3 is 0 Å². The molecule has 0 saturated carbocycles.